The fraction of sp³-hybridized carbons (Fsp3) is 0.923. The third-order valence-electron chi connectivity index (χ3n) is 3.48. The Kier molecular flexibility index (Phi) is 7.96. The van der Waals surface area contributed by atoms with Crippen LogP contribution in [0, 0.1) is 0 Å². The summed E-state index contributed by atoms with van der Waals surface area (Å²) in [6.45, 7) is 6.32. The number of rotatable bonds is 8. The van der Waals surface area contributed by atoms with Crippen molar-refractivity contribution in [2.45, 2.75) is 51.6 Å². The molecule has 0 atom stereocenters. The van der Waals surface area contributed by atoms with Crippen LogP contribution in [0.25, 0.3) is 0 Å². The first-order valence-electron chi connectivity index (χ1n) is 7.09. The zero-order valence-electron chi connectivity index (χ0n) is 11.5. The Bertz CT molecular complexity index is 228. The van der Waals surface area contributed by atoms with Crippen LogP contribution < -0.4 is 11.3 Å². The molecular weight excluding hydrogens is 230 g/mol. The molecule has 18 heavy (non-hydrogen) atoms. The van der Waals surface area contributed by atoms with Crippen LogP contribution in [0.15, 0.2) is 0 Å². The maximum atomic E-state index is 10.9. The molecule has 0 aromatic heterocycles. The standard InChI is InChI=1S/C13H27N3O2/c1-2-18-12-7-10-16(11-8-12)9-5-3-4-6-13(17)15-14/h12H,2-11,14H2,1H3,(H,15,17). The number of hydrogen-bond acceptors (Lipinski definition) is 4. The van der Waals surface area contributed by atoms with Gasteiger partial charge in [-0.2, -0.15) is 0 Å². The summed E-state index contributed by atoms with van der Waals surface area (Å²) in [5.41, 5.74) is 2.16. The number of nitrogens with zero attached hydrogens (tertiary/aromatic N) is 1. The van der Waals surface area contributed by atoms with Crippen LogP contribution in [0.3, 0.4) is 0 Å². The van der Waals surface area contributed by atoms with Crippen LogP contribution in [-0.2, 0) is 9.53 Å². The molecule has 0 saturated carbocycles. The van der Waals surface area contributed by atoms with Crippen molar-refractivity contribution in [2.24, 2.45) is 5.84 Å². The van der Waals surface area contributed by atoms with Gasteiger partial charge in [0.25, 0.3) is 0 Å². The Morgan fingerprint density at radius 2 is 2.06 bits per heavy atom. The van der Waals surface area contributed by atoms with E-state index in [1.165, 1.54) is 0 Å². The summed E-state index contributed by atoms with van der Waals surface area (Å²) >= 11 is 0. The number of carbonyl (C=O) groups excluding carboxylic acids is 1. The molecule has 1 fully saturated rings. The molecule has 1 rings (SSSR count). The Balaban J connectivity index is 1.96. The van der Waals surface area contributed by atoms with Gasteiger partial charge in [0.15, 0.2) is 0 Å². The second-order valence-electron chi connectivity index (χ2n) is 4.87. The number of unbranched alkanes of at least 4 members (excludes halogenated alkanes) is 2. The molecule has 0 aromatic carbocycles. The Hall–Kier alpha value is -0.650. The maximum Gasteiger partial charge on any atom is 0.233 e. The average Bonchev–Trinajstić information content (AvgIpc) is 2.40. The van der Waals surface area contributed by atoms with Gasteiger partial charge in [0, 0.05) is 26.1 Å². The lowest BCUT2D eigenvalue weighted by Gasteiger charge is -2.31. The fourth-order valence-corrected chi connectivity index (χ4v) is 2.41. The molecule has 1 amide bonds. The van der Waals surface area contributed by atoms with Crippen LogP contribution in [0.5, 0.6) is 0 Å². The van der Waals surface area contributed by atoms with Crippen LogP contribution in [0.4, 0.5) is 0 Å². The van der Waals surface area contributed by atoms with Gasteiger partial charge in [0.1, 0.15) is 0 Å². The number of hydrogen-bond donors (Lipinski definition) is 2. The Labute approximate surface area is 110 Å². The number of likely N-dealkylation sites (tertiary alicyclic amines) is 1. The number of hydrazine groups is 1. The lowest BCUT2D eigenvalue weighted by Crippen LogP contribution is -2.37. The van der Waals surface area contributed by atoms with Gasteiger partial charge in [-0.15, -0.1) is 0 Å². The number of carbonyl (C=O) groups is 1. The zero-order valence-corrected chi connectivity index (χ0v) is 11.5. The number of piperidine rings is 1. The minimum atomic E-state index is -0.0625. The smallest absolute Gasteiger partial charge is 0.233 e. The van der Waals surface area contributed by atoms with Gasteiger partial charge in [-0.05, 0) is 39.2 Å². The van der Waals surface area contributed by atoms with E-state index in [4.69, 9.17) is 10.6 Å². The molecule has 106 valence electrons. The Morgan fingerprint density at radius 1 is 1.33 bits per heavy atom. The number of nitrogens with two attached hydrogens (primary N) is 1. The summed E-state index contributed by atoms with van der Waals surface area (Å²) in [4.78, 5) is 13.4. The molecular formula is C13H27N3O2. The number of ether oxygens (including phenoxy) is 1. The first-order chi connectivity index (χ1) is 8.76. The monoisotopic (exact) mass is 257 g/mol. The molecule has 0 unspecified atom stereocenters. The van der Waals surface area contributed by atoms with Crippen LogP contribution in [-0.4, -0.2) is 43.2 Å². The second-order valence-corrected chi connectivity index (χ2v) is 4.87. The van der Waals surface area contributed by atoms with E-state index in [0.29, 0.717) is 12.5 Å². The highest BCUT2D eigenvalue weighted by Crippen LogP contribution is 2.14. The van der Waals surface area contributed by atoms with Crippen molar-refractivity contribution in [3.63, 3.8) is 0 Å². The molecule has 3 N–H and O–H groups in total. The topological polar surface area (TPSA) is 67.6 Å². The lowest BCUT2D eigenvalue weighted by molar-refractivity contribution is -0.121. The zero-order chi connectivity index (χ0) is 13.2. The minimum absolute atomic E-state index is 0.0625. The molecule has 0 aliphatic carbocycles. The van der Waals surface area contributed by atoms with Crippen LogP contribution in [0.1, 0.15) is 45.4 Å². The predicted octanol–water partition coefficient (Wildman–Crippen LogP) is 1.04. The van der Waals surface area contributed by atoms with E-state index in [9.17, 15) is 4.79 Å². The molecule has 5 nitrogen and oxygen atoms in total. The van der Waals surface area contributed by atoms with E-state index in [-0.39, 0.29) is 5.91 Å². The molecule has 1 aliphatic rings. The molecule has 5 heteroatoms. The van der Waals surface area contributed by atoms with Gasteiger partial charge in [-0.3, -0.25) is 10.2 Å². The van der Waals surface area contributed by atoms with Crippen molar-refractivity contribution in [1.82, 2.24) is 10.3 Å². The van der Waals surface area contributed by atoms with Crippen LogP contribution in [0.2, 0.25) is 0 Å². The molecule has 0 aromatic rings. The summed E-state index contributed by atoms with van der Waals surface area (Å²) in [6.07, 6.45) is 6.52. The van der Waals surface area contributed by atoms with E-state index in [1.807, 2.05) is 0 Å². The first-order valence-corrected chi connectivity index (χ1v) is 7.09. The number of nitrogens with one attached hydrogen (secondary N) is 1. The van der Waals surface area contributed by atoms with Crippen LogP contribution >= 0.6 is 0 Å². The normalized spacial score (nSPS) is 17.9. The SMILES string of the molecule is CCOC1CCN(CCCCCC(=O)NN)CC1. The third kappa shape index (κ3) is 6.33. The van der Waals surface area contributed by atoms with Gasteiger partial charge in [0.2, 0.25) is 5.91 Å². The summed E-state index contributed by atoms with van der Waals surface area (Å²) < 4.78 is 5.63. The van der Waals surface area contributed by atoms with Crippen molar-refractivity contribution in [3.05, 3.63) is 0 Å². The average molecular weight is 257 g/mol. The van der Waals surface area contributed by atoms with E-state index >= 15 is 0 Å². The summed E-state index contributed by atoms with van der Waals surface area (Å²) in [7, 11) is 0. The van der Waals surface area contributed by atoms with Crippen molar-refractivity contribution in [3.8, 4) is 0 Å². The largest absolute Gasteiger partial charge is 0.378 e. The van der Waals surface area contributed by atoms with Crippen molar-refractivity contribution in [1.29, 1.82) is 0 Å². The third-order valence-corrected chi connectivity index (χ3v) is 3.48. The molecule has 1 heterocycles. The summed E-state index contributed by atoms with van der Waals surface area (Å²) in [6, 6.07) is 0. The van der Waals surface area contributed by atoms with Crippen molar-refractivity contribution < 1.29 is 9.53 Å². The van der Waals surface area contributed by atoms with Gasteiger partial charge < -0.3 is 9.64 Å². The summed E-state index contributed by atoms with van der Waals surface area (Å²) in [5, 5.41) is 0. The molecule has 1 saturated heterocycles. The van der Waals surface area contributed by atoms with E-state index in [2.05, 4.69) is 17.2 Å². The highest BCUT2D eigenvalue weighted by molar-refractivity contribution is 5.74. The van der Waals surface area contributed by atoms with Crippen molar-refractivity contribution >= 4 is 5.91 Å². The fourth-order valence-electron chi connectivity index (χ4n) is 2.41. The highest BCUT2D eigenvalue weighted by atomic mass is 16.5. The van der Waals surface area contributed by atoms with Gasteiger partial charge in [-0.1, -0.05) is 6.42 Å². The quantitative estimate of drug-likeness (QED) is 0.295. The van der Waals surface area contributed by atoms with Crippen molar-refractivity contribution in [2.75, 3.05) is 26.2 Å². The van der Waals surface area contributed by atoms with E-state index in [1.54, 1.807) is 0 Å². The lowest BCUT2D eigenvalue weighted by atomic mass is 10.1. The molecule has 1 aliphatic heterocycles. The maximum absolute atomic E-state index is 10.9. The van der Waals surface area contributed by atoms with Gasteiger partial charge >= 0.3 is 0 Å². The summed E-state index contributed by atoms with van der Waals surface area (Å²) in [5.74, 6) is 4.96. The highest BCUT2D eigenvalue weighted by Gasteiger charge is 2.18. The second kappa shape index (κ2) is 9.30. The minimum Gasteiger partial charge on any atom is -0.378 e. The Morgan fingerprint density at radius 3 is 2.67 bits per heavy atom. The van der Waals surface area contributed by atoms with E-state index < -0.39 is 0 Å². The molecule has 0 bridgehead atoms. The first kappa shape index (κ1) is 15.4. The van der Waals surface area contributed by atoms with Gasteiger partial charge in [-0.25, -0.2) is 5.84 Å². The number of amides is 1. The van der Waals surface area contributed by atoms with E-state index in [0.717, 1.165) is 58.3 Å². The molecule has 0 spiro atoms. The van der Waals surface area contributed by atoms with Gasteiger partial charge in [0.05, 0.1) is 6.10 Å². The predicted molar refractivity (Wildman–Crippen MR) is 71.9 cm³/mol. The molecule has 0 radical (unpaired) electrons.